The molecule has 0 aromatic heterocycles. The highest BCUT2D eigenvalue weighted by atomic mass is 16.1. The van der Waals surface area contributed by atoms with Gasteiger partial charge in [-0.25, -0.2) is 0 Å². The Morgan fingerprint density at radius 3 is 2.33 bits per heavy atom. The van der Waals surface area contributed by atoms with E-state index in [2.05, 4.69) is 10.2 Å². The van der Waals surface area contributed by atoms with Crippen molar-refractivity contribution in [2.45, 2.75) is 58.8 Å². The van der Waals surface area contributed by atoms with E-state index >= 15 is 0 Å². The highest BCUT2D eigenvalue weighted by Crippen LogP contribution is 2.10. The molecule has 0 saturated carbocycles. The average molecular weight is 254 g/mol. The number of likely N-dealkylation sites (tertiary alicyclic amines) is 1. The van der Waals surface area contributed by atoms with Crippen molar-refractivity contribution in [3.8, 4) is 0 Å². The maximum absolute atomic E-state index is 11.3. The van der Waals surface area contributed by atoms with Gasteiger partial charge in [0.15, 0.2) is 0 Å². The van der Waals surface area contributed by atoms with Crippen LogP contribution in [0, 0.1) is 5.92 Å². The number of hydrogen-bond acceptors (Lipinski definition) is 2. The van der Waals surface area contributed by atoms with Crippen molar-refractivity contribution in [2.24, 2.45) is 5.92 Å². The summed E-state index contributed by atoms with van der Waals surface area (Å²) in [4.78, 5) is 14.0. The van der Waals surface area contributed by atoms with E-state index in [1.165, 1.54) is 58.2 Å². The van der Waals surface area contributed by atoms with Crippen LogP contribution in [0.2, 0.25) is 0 Å². The van der Waals surface area contributed by atoms with Gasteiger partial charge in [-0.05, 0) is 45.3 Å². The van der Waals surface area contributed by atoms with Gasteiger partial charge in [-0.3, -0.25) is 4.79 Å². The van der Waals surface area contributed by atoms with Gasteiger partial charge in [-0.15, -0.1) is 0 Å². The third kappa shape index (κ3) is 7.00. The molecular formula is C15H30N2O. The second-order valence-electron chi connectivity index (χ2n) is 5.76. The Bertz CT molecular complexity index is 221. The van der Waals surface area contributed by atoms with E-state index in [1.54, 1.807) is 0 Å². The lowest BCUT2D eigenvalue weighted by molar-refractivity contribution is -0.123. The maximum atomic E-state index is 11.3. The number of rotatable bonds is 7. The normalized spacial score (nSPS) is 17.7. The zero-order valence-corrected chi connectivity index (χ0v) is 12.2. The second kappa shape index (κ2) is 9.37. The molecule has 1 amide bonds. The third-order valence-corrected chi connectivity index (χ3v) is 3.67. The summed E-state index contributed by atoms with van der Waals surface area (Å²) in [6, 6.07) is 0. The van der Waals surface area contributed by atoms with E-state index in [4.69, 9.17) is 0 Å². The summed E-state index contributed by atoms with van der Waals surface area (Å²) in [5.74, 6) is 0.296. The fourth-order valence-corrected chi connectivity index (χ4v) is 2.41. The van der Waals surface area contributed by atoms with Crippen molar-refractivity contribution in [1.82, 2.24) is 10.2 Å². The smallest absolute Gasteiger partial charge is 0.222 e. The number of unbranched alkanes of at least 4 members (excludes halogenated alkanes) is 2. The summed E-state index contributed by atoms with van der Waals surface area (Å²) in [5, 5.41) is 2.98. The van der Waals surface area contributed by atoms with E-state index in [0.29, 0.717) is 0 Å². The molecule has 3 nitrogen and oxygen atoms in total. The zero-order valence-electron chi connectivity index (χ0n) is 12.2. The quantitative estimate of drug-likeness (QED) is 0.709. The van der Waals surface area contributed by atoms with Gasteiger partial charge in [-0.1, -0.05) is 33.1 Å². The lowest BCUT2D eigenvalue weighted by atomic mass is 10.2. The topological polar surface area (TPSA) is 32.3 Å². The molecule has 0 unspecified atom stereocenters. The molecule has 1 heterocycles. The summed E-state index contributed by atoms with van der Waals surface area (Å²) < 4.78 is 0. The summed E-state index contributed by atoms with van der Waals surface area (Å²) in [6.45, 7) is 8.56. The molecule has 1 N–H and O–H groups in total. The van der Waals surface area contributed by atoms with Crippen LogP contribution in [-0.2, 0) is 4.79 Å². The molecule has 3 heteroatoms. The number of carbonyl (C=O) groups excluding carboxylic acids is 1. The van der Waals surface area contributed by atoms with Crippen molar-refractivity contribution in [3.05, 3.63) is 0 Å². The first-order chi connectivity index (χ1) is 8.70. The molecule has 1 fully saturated rings. The second-order valence-corrected chi connectivity index (χ2v) is 5.76. The fourth-order valence-electron chi connectivity index (χ4n) is 2.41. The van der Waals surface area contributed by atoms with Gasteiger partial charge in [0.05, 0.1) is 0 Å². The van der Waals surface area contributed by atoms with E-state index in [9.17, 15) is 4.79 Å². The fraction of sp³-hybridized carbons (Fsp3) is 0.933. The standard InChI is InChI=1S/C15H30N2O/c1-14(2)15(18)16-10-6-5-9-13-17-11-7-3-4-8-12-17/h14H,3-13H2,1-2H3,(H,16,18). The number of hydrogen-bond donors (Lipinski definition) is 1. The van der Waals surface area contributed by atoms with E-state index < -0.39 is 0 Å². The molecule has 1 rings (SSSR count). The van der Waals surface area contributed by atoms with Crippen LogP contribution < -0.4 is 5.32 Å². The molecule has 18 heavy (non-hydrogen) atoms. The van der Waals surface area contributed by atoms with Gasteiger partial charge in [-0.2, -0.15) is 0 Å². The van der Waals surface area contributed by atoms with Gasteiger partial charge in [0, 0.05) is 12.5 Å². The lowest BCUT2D eigenvalue weighted by Gasteiger charge is -2.19. The lowest BCUT2D eigenvalue weighted by Crippen LogP contribution is -2.29. The zero-order chi connectivity index (χ0) is 13.2. The summed E-state index contributed by atoms with van der Waals surface area (Å²) in [7, 11) is 0. The predicted octanol–water partition coefficient (Wildman–Crippen LogP) is 2.80. The van der Waals surface area contributed by atoms with E-state index in [1.807, 2.05) is 13.8 Å². The highest BCUT2D eigenvalue weighted by Gasteiger charge is 2.08. The molecule has 106 valence electrons. The van der Waals surface area contributed by atoms with Crippen molar-refractivity contribution >= 4 is 5.91 Å². The van der Waals surface area contributed by atoms with Crippen molar-refractivity contribution in [3.63, 3.8) is 0 Å². The molecule has 1 aliphatic heterocycles. The summed E-state index contributed by atoms with van der Waals surface area (Å²) in [5.41, 5.74) is 0. The summed E-state index contributed by atoms with van der Waals surface area (Å²) >= 11 is 0. The van der Waals surface area contributed by atoms with Crippen LogP contribution in [-0.4, -0.2) is 37.0 Å². The van der Waals surface area contributed by atoms with Crippen LogP contribution in [0.25, 0.3) is 0 Å². The van der Waals surface area contributed by atoms with Gasteiger partial charge < -0.3 is 10.2 Å². The van der Waals surface area contributed by atoms with Crippen LogP contribution in [0.4, 0.5) is 0 Å². The number of nitrogens with zero attached hydrogens (tertiary/aromatic N) is 1. The molecule has 0 bridgehead atoms. The Morgan fingerprint density at radius 1 is 1.06 bits per heavy atom. The van der Waals surface area contributed by atoms with Crippen molar-refractivity contribution in [2.75, 3.05) is 26.2 Å². The Kier molecular flexibility index (Phi) is 8.06. The van der Waals surface area contributed by atoms with E-state index in [0.717, 1.165) is 13.0 Å². The average Bonchev–Trinajstić information content (AvgIpc) is 2.61. The molecule has 0 aliphatic carbocycles. The Hall–Kier alpha value is -0.570. The first kappa shape index (κ1) is 15.5. The Labute approximate surface area is 112 Å². The van der Waals surface area contributed by atoms with Crippen LogP contribution in [0.5, 0.6) is 0 Å². The predicted molar refractivity (Wildman–Crippen MR) is 76.6 cm³/mol. The molecule has 0 radical (unpaired) electrons. The Morgan fingerprint density at radius 2 is 1.72 bits per heavy atom. The third-order valence-electron chi connectivity index (χ3n) is 3.67. The van der Waals surface area contributed by atoms with Crippen LogP contribution >= 0.6 is 0 Å². The molecule has 0 atom stereocenters. The number of carbonyl (C=O) groups is 1. The minimum Gasteiger partial charge on any atom is -0.356 e. The van der Waals surface area contributed by atoms with Crippen LogP contribution in [0.15, 0.2) is 0 Å². The molecule has 1 aliphatic rings. The first-order valence-electron chi connectivity index (χ1n) is 7.70. The minimum atomic E-state index is 0.113. The SMILES string of the molecule is CC(C)C(=O)NCCCCCN1CCCCCC1. The van der Waals surface area contributed by atoms with Crippen molar-refractivity contribution < 1.29 is 4.79 Å². The van der Waals surface area contributed by atoms with Gasteiger partial charge in [0.2, 0.25) is 5.91 Å². The molecule has 0 aromatic rings. The maximum Gasteiger partial charge on any atom is 0.222 e. The van der Waals surface area contributed by atoms with Crippen LogP contribution in [0.3, 0.4) is 0 Å². The van der Waals surface area contributed by atoms with Gasteiger partial charge in [0.25, 0.3) is 0 Å². The monoisotopic (exact) mass is 254 g/mol. The first-order valence-corrected chi connectivity index (χ1v) is 7.70. The Balaban J connectivity index is 1.93. The molecule has 1 saturated heterocycles. The molecular weight excluding hydrogens is 224 g/mol. The van der Waals surface area contributed by atoms with E-state index in [-0.39, 0.29) is 11.8 Å². The highest BCUT2D eigenvalue weighted by molar-refractivity contribution is 5.77. The van der Waals surface area contributed by atoms with Crippen molar-refractivity contribution in [1.29, 1.82) is 0 Å². The number of amides is 1. The summed E-state index contributed by atoms with van der Waals surface area (Å²) in [6.07, 6.45) is 9.21. The van der Waals surface area contributed by atoms with Gasteiger partial charge >= 0.3 is 0 Å². The molecule has 0 aromatic carbocycles. The van der Waals surface area contributed by atoms with Crippen LogP contribution in [0.1, 0.15) is 58.8 Å². The largest absolute Gasteiger partial charge is 0.356 e. The molecule has 0 spiro atoms. The van der Waals surface area contributed by atoms with Gasteiger partial charge in [0.1, 0.15) is 0 Å². The number of nitrogens with one attached hydrogen (secondary N) is 1. The minimum absolute atomic E-state index is 0.113.